The standard InChI is InChI=1S/C61H82N10O10/c1-8-24-69(25-9-2)57(77)43-29-41-20-21-42(31-51(41)67-53(62)32-43)55(75)66-45-30-44-36-70(27-22-49(44)65-35-45)60(80)81-37-40-18-16-39(17-19-40)28-52(73)50(15-13-23-64-59(63)79)68-56(76)47(38(3)4)33-46(72)14-11-10-12-26-71-54(74)34-48(58(71)78)61(5,6)7/h16-21,29-31,35,38,47-48,50H,8-15,22-28,32-34,36-37H2,1-7H3,(H2,62,67)(H,66,75)(H,68,76)(H3,63,64,79)/t47-,48?,50-/m0/s1. The number of rotatable bonds is 27. The third-order valence-electron chi connectivity index (χ3n) is 15.0. The Morgan fingerprint density at radius 1 is 0.914 bits per heavy atom. The fraction of sp³-hybridized carbons (Fsp3) is 0.525. The number of imide groups is 1. The molecule has 0 radical (unpaired) electrons. The van der Waals surface area contributed by atoms with Gasteiger partial charge in [0, 0.05) is 99.6 Å². The number of likely N-dealkylation sites (tertiary alicyclic amines) is 1. The minimum Gasteiger partial charge on any atom is -0.445 e. The number of primary amides is 1. The van der Waals surface area contributed by atoms with Gasteiger partial charge in [-0.25, -0.2) is 14.6 Å². The van der Waals surface area contributed by atoms with E-state index in [4.69, 9.17) is 16.2 Å². The summed E-state index contributed by atoms with van der Waals surface area (Å²) in [6.45, 7) is 16.0. The van der Waals surface area contributed by atoms with Crippen molar-refractivity contribution < 1.29 is 47.9 Å². The lowest BCUT2D eigenvalue weighted by Gasteiger charge is -2.28. The number of ketones is 2. The van der Waals surface area contributed by atoms with Crippen LogP contribution >= 0.6 is 0 Å². The number of benzene rings is 2. The van der Waals surface area contributed by atoms with Crippen LogP contribution in [0, 0.1) is 23.2 Å². The molecule has 0 bridgehead atoms. The predicted octanol–water partition coefficient (Wildman–Crippen LogP) is 7.71. The van der Waals surface area contributed by atoms with Gasteiger partial charge in [-0.15, -0.1) is 0 Å². The van der Waals surface area contributed by atoms with Crippen LogP contribution in [0.25, 0.3) is 6.08 Å². The smallest absolute Gasteiger partial charge is 0.410 e. The summed E-state index contributed by atoms with van der Waals surface area (Å²) in [5.41, 5.74) is 16.6. The molecule has 4 heterocycles. The van der Waals surface area contributed by atoms with Crippen LogP contribution in [0.15, 0.2) is 65.3 Å². The molecule has 0 aliphatic carbocycles. The van der Waals surface area contributed by atoms with E-state index in [1.807, 2.05) is 53.4 Å². The normalized spacial score (nSPS) is 15.8. The lowest BCUT2D eigenvalue weighted by atomic mass is 9.80. The molecule has 3 atom stereocenters. The molecule has 8 amide bonds. The summed E-state index contributed by atoms with van der Waals surface area (Å²) in [6, 6.07) is 12.3. The number of amides is 8. The second kappa shape index (κ2) is 29.1. The number of hydrogen-bond donors (Lipinski definition) is 5. The van der Waals surface area contributed by atoms with Crippen molar-refractivity contribution >= 4 is 76.5 Å². The predicted molar refractivity (Wildman–Crippen MR) is 309 cm³/mol. The maximum absolute atomic E-state index is 13.9. The number of carbonyl (C=O) groups is 9. The van der Waals surface area contributed by atoms with Gasteiger partial charge >= 0.3 is 12.1 Å². The average Bonchev–Trinajstić information content (AvgIpc) is 3.65. The number of ether oxygens (including phenoxy) is 1. The van der Waals surface area contributed by atoms with Crippen molar-refractivity contribution in [3.05, 3.63) is 93.8 Å². The second-order valence-corrected chi connectivity index (χ2v) is 22.9. The maximum atomic E-state index is 13.9. The number of aliphatic imine (C=N–C) groups is 1. The first-order chi connectivity index (χ1) is 38.5. The van der Waals surface area contributed by atoms with E-state index in [0.717, 1.165) is 24.1 Å². The molecule has 20 nitrogen and oxygen atoms in total. The molecule has 3 aliphatic rings. The first-order valence-electron chi connectivity index (χ1n) is 28.5. The van der Waals surface area contributed by atoms with Gasteiger partial charge in [-0.3, -0.25) is 43.4 Å². The van der Waals surface area contributed by atoms with Crippen LogP contribution in [0.5, 0.6) is 0 Å². The number of unbranched alkanes of at least 4 members (excludes halogenated alkanes) is 2. The van der Waals surface area contributed by atoms with E-state index < -0.39 is 35.9 Å². The number of hydrogen-bond acceptors (Lipinski definition) is 13. The number of nitrogens with two attached hydrogens (primary N) is 2. The number of urea groups is 1. The Hall–Kier alpha value is -7.77. The van der Waals surface area contributed by atoms with Crippen LogP contribution in [0.1, 0.15) is 157 Å². The van der Waals surface area contributed by atoms with Gasteiger partial charge in [-0.2, -0.15) is 0 Å². The topological polar surface area (TPSA) is 286 Å². The summed E-state index contributed by atoms with van der Waals surface area (Å²) < 4.78 is 5.72. The number of fused-ring (bicyclic) bond motifs is 2. The third kappa shape index (κ3) is 17.9. The molecule has 3 aromatic rings. The van der Waals surface area contributed by atoms with Crippen molar-refractivity contribution in [2.45, 2.75) is 151 Å². The van der Waals surface area contributed by atoms with Crippen molar-refractivity contribution in [1.29, 1.82) is 0 Å². The fourth-order valence-corrected chi connectivity index (χ4v) is 10.3. The first-order valence-corrected chi connectivity index (χ1v) is 28.5. The molecule has 436 valence electrons. The number of anilines is 1. The van der Waals surface area contributed by atoms with Crippen molar-refractivity contribution in [2.75, 3.05) is 38.0 Å². The van der Waals surface area contributed by atoms with Crippen LogP contribution in [-0.4, -0.2) is 118 Å². The van der Waals surface area contributed by atoms with Gasteiger partial charge in [-0.1, -0.05) is 85.2 Å². The molecule has 7 N–H and O–H groups in total. The van der Waals surface area contributed by atoms with Crippen molar-refractivity contribution in [1.82, 2.24) is 30.3 Å². The molecule has 1 fully saturated rings. The molecule has 1 unspecified atom stereocenters. The summed E-state index contributed by atoms with van der Waals surface area (Å²) in [6.07, 6.45) is 7.95. The van der Waals surface area contributed by atoms with E-state index >= 15 is 0 Å². The minimum absolute atomic E-state index is 0.00626. The highest BCUT2D eigenvalue weighted by atomic mass is 16.6. The van der Waals surface area contributed by atoms with E-state index in [0.29, 0.717) is 97.5 Å². The molecule has 3 aliphatic heterocycles. The second-order valence-electron chi connectivity index (χ2n) is 22.9. The van der Waals surface area contributed by atoms with E-state index in [-0.39, 0.29) is 111 Å². The molecule has 0 saturated carbocycles. The van der Waals surface area contributed by atoms with E-state index in [2.05, 4.69) is 25.9 Å². The molecule has 6 rings (SSSR count). The van der Waals surface area contributed by atoms with Crippen LogP contribution in [0.4, 0.5) is 21.0 Å². The third-order valence-corrected chi connectivity index (χ3v) is 15.0. The Balaban J connectivity index is 0.982. The number of aromatic nitrogens is 1. The lowest BCUT2D eigenvalue weighted by molar-refractivity contribution is -0.140. The van der Waals surface area contributed by atoms with Gasteiger partial charge < -0.3 is 42.0 Å². The Morgan fingerprint density at radius 2 is 1.63 bits per heavy atom. The Bertz CT molecular complexity index is 2870. The van der Waals surface area contributed by atoms with Crippen LogP contribution in [0.2, 0.25) is 0 Å². The lowest BCUT2D eigenvalue weighted by Crippen LogP contribution is -2.46. The van der Waals surface area contributed by atoms with Crippen molar-refractivity contribution in [2.24, 2.45) is 39.6 Å². The van der Waals surface area contributed by atoms with Gasteiger partial charge in [0.1, 0.15) is 18.2 Å². The number of nitrogens with one attached hydrogen (secondary N) is 3. The fourth-order valence-electron chi connectivity index (χ4n) is 10.3. The molecule has 2 aromatic carbocycles. The summed E-state index contributed by atoms with van der Waals surface area (Å²) in [5.74, 6) is -2.50. The zero-order chi connectivity index (χ0) is 59.0. The highest BCUT2D eigenvalue weighted by molar-refractivity contribution is 6.08. The van der Waals surface area contributed by atoms with E-state index in [1.54, 1.807) is 65.7 Å². The highest BCUT2D eigenvalue weighted by Gasteiger charge is 2.44. The van der Waals surface area contributed by atoms with Crippen molar-refractivity contribution in [3.8, 4) is 0 Å². The van der Waals surface area contributed by atoms with E-state index in [1.165, 1.54) is 4.90 Å². The largest absolute Gasteiger partial charge is 0.445 e. The van der Waals surface area contributed by atoms with Crippen molar-refractivity contribution in [3.63, 3.8) is 0 Å². The molecule has 1 saturated heterocycles. The Morgan fingerprint density at radius 3 is 2.30 bits per heavy atom. The van der Waals surface area contributed by atoms with Crippen LogP contribution in [0.3, 0.4) is 0 Å². The molecule has 0 spiro atoms. The Kier molecular flexibility index (Phi) is 22.4. The summed E-state index contributed by atoms with van der Waals surface area (Å²) in [7, 11) is 0. The van der Waals surface area contributed by atoms with Gasteiger partial charge in [0.15, 0.2) is 5.78 Å². The molecular weight excluding hydrogens is 1030 g/mol. The van der Waals surface area contributed by atoms with Gasteiger partial charge in [0.25, 0.3) is 5.91 Å². The van der Waals surface area contributed by atoms with E-state index in [9.17, 15) is 43.2 Å². The quantitative estimate of drug-likeness (QED) is 0.0362. The number of amidine groups is 1. The number of nitrogens with zero attached hydrogens (tertiary/aromatic N) is 5. The van der Waals surface area contributed by atoms with Gasteiger partial charge in [0.2, 0.25) is 23.6 Å². The first kappa shape index (κ1) is 62.4. The highest BCUT2D eigenvalue weighted by Crippen LogP contribution is 2.36. The number of carbonyl (C=O) groups excluding carboxylic acids is 9. The summed E-state index contributed by atoms with van der Waals surface area (Å²) in [4.78, 5) is 132. The zero-order valence-electron chi connectivity index (χ0n) is 48.2. The van der Waals surface area contributed by atoms with Gasteiger partial charge in [-0.05, 0) is 90.8 Å². The number of pyridine rings is 1. The van der Waals surface area contributed by atoms with Crippen LogP contribution < -0.4 is 27.4 Å². The molecule has 20 heteroatoms. The maximum Gasteiger partial charge on any atom is 0.410 e. The molecule has 1 aromatic heterocycles. The SMILES string of the molecule is CCCN(CCC)C(=O)C1=Cc2ccc(C(=O)Nc3cnc4c(c3)CN(C(=O)OCc3ccc(CC(=O)[C@H](CCCNC(N)=O)NC(=O)[C@@H](CC(=O)CCCCCN5C(=O)CC(C(C)(C)C)C5=O)C(C)C)cc3)CC4)cc2N=C(N)C1. The monoisotopic (exact) mass is 1110 g/mol. The Labute approximate surface area is 475 Å². The van der Waals surface area contributed by atoms with Gasteiger partial charge in [0.05, 0.1) is 36.1 Å². The zero-order valence-corrected chi connectivity index (χ0v) is 48.2. The molecule has 81 heavy (non-hydrogen) atoms. The molecular formula is C61H82N10O10. The number of Topliss-reactive ketones (excluding diaryl/α,β-unsaturated/α-hetero) is 2. The average molecular weight is 1120 g/mol. The summed E-state index contributed by atoms with van der Waals surface area (Å²) in [5, 5.41) is 8.33. The minimum atomic E-state index is -0.913. The summed E-state index contributed by atoms with van der Waals surface area (Å²) >= 11 is 0. The van der Waals surface area contributed by atoms with Crippen LogP contribution in [-0.2, 0) is 59.5 Å².